The number of ether oxygens (including phenoxy) is 1. The number of allylic oxidation sites excluding steroid dienone is 1. The highest BCUT2D eigenvalue weighted by Gasteiger charge is 2.74. The minimum Gasteiger partial charge on any atom is -0.465 e. The number of anilines is 1. The van der Waals surface area contributed by atoms with Crippen LogP contribution in [-0.4, -0.2) is 70.1 Å². The lowest BCUT2D eigenvalue weighted by atomic mass is 9.71. The summed E-state index contributed by atoms with van der Waals surface area (Å²) in [5, 5.41) is 9.77. The Morgan fingerprint density at radius 3 is 2.64 bits per heavy atom. The maximum Gasteiger partial charge on any atom is 0.310 e. The molecular formula is C28H36N2O5S. The van der Waals surface area contributed by atoms with Gasteiger partial charge in [-0.1, -0.05) is 30.4 Å². The first-order valence-corrected chi connectivity index (χ1v) is 13.6. The third kappa shape index (κ3) is 4.28. The summed E-state index contributed by atoms with van der Waals surface area (Å²) in [5.74, 6) is -1.98. The van der Waals surface area contributed by atoms with Gasteiger partial charge in [-0.05, 0) is 50.7 Å². The fourth-order valence-electron chi connectivity index (χ4n) is 6.34. The number of amides is 2. The highest BCUT2D eigenvalue weighted by atomic mass is 32.2. The average molecular weight is 513 g/mol. The summed E-state index contributed by atoms with van der Waals surface area (Å²) in [6.45, 7) is 11.9. The van der Waals surface area contributed by atoms with Crippen LogP contribution in [0.4, 0.5) is 5.69 Å². The van der Waals surface area contributed by atoms with Gasteiger partial charge in [0, 0.05) is 24.0 Å². The number of β-amino-alcohol motifs (C(OH)–C–C–N with tert-alkyl or cyclic N) is 1. The Kier molecular flexibility index (Phi) is 7.95. The van der Waals surface area contributed by atoms with Gasteiger partial charge in [-0.3, -0.25) is 14.4 Å². The minimum absolute atomic E-state index is 0.0501. The molecule has 36 heavy (non-hydrogen) atoms. The van der Waals surface area contributed by atoms with Crippen LogP contribution in [-0.2, 0) is 19.1 Å². The number of esters is 1. The van der Waals surface area contributed by atoms with Crippen LogP contribution < -0.4 is 4.90 Å². The number of carbonyl (C=O) groups excluding carboxylic acids is 3. The van der Waals surface area contributed by atoms with Gasteiger partial charge < -0.3 is 19.6 Å². The predicted molar refractivity (Wildman–Crippen MR) is 142 cm³/mol. The number of thioether (sulfide) groups is 1. The molecule has 3 heterocycles. The molecule has 5 atom stereocenters. The van der Waals surface area contributed by atoms with Crippen LogP contribution >= 0.6 is 11.8 Å². The highest BCUT2D eigenvalue weighted by molar-refractivity contribution is 8.02. The van der Waals surface area contributed by atoms with Gasteiger partial charge in [-0.2, -0.15) is 0 Å². The number of benzene rings is 1. The SMILES string of the molecule is C=CCCCOC(=O)[C@@H]1[C@@H]2CCC3(S2)C(C(=O)N(CC=C)c2c(C)cccc2C)N(CCO)C(=O)[C@H]13. The van der Waals surface area contributed by atoms with E-state index in [1.807, 2.05) is 32.0 Å². The van der Waals surface area contributed by atoms with E-state index in [1.165, 1.54) is 4.90 Å². The van der Waals surface area contributed by atoms with E-state index < -0.39 is 22.6 Å². The molecule has 3 aliphatic rings. The number of hydrogen-bond acceptors (Lipinski definition) is 6. The molecule has 3 saturated heterocycles. The summed E-state index contributed by atoms with van der Waals surface area (Å²) >= 11 is 1.60. The monoisotopic (exact) mass is 512 g/mol. The molecule has 194 valence electrons. The first-order valence-electron chi connectivity index (χ1n) is 12.7. The van der Waals surface area contributed by atoms with E-state index in [0.29, 0.717) is 19.4 Å². The summed E-state index contributed by atoms with van der Waals surface area (Å²) < 4.78 is 4.87. The molecule has 3 aliphatic heterocycles. The van der Waals surface area contributed by atoms with Gasteiger partial charge >= 0.3 is 5.97 Å². The molecule has 2 unspecified atom stereocenters. The number of rotatable bonds is 11. The van der Waals surface area contributed by atoms with E-state index in [0.717, 1.165) is 29.7 Å². The Morgan fingerprint density at radius 2 is 2.00 bits per heavy atom. The van der Waals surface area contributed by atoms with Crippen molar-refractivity contribution in [2.45, 2.75) is 55.6 Å². The number of nitrogens with zero attached hydrogens (tertiary/aromatic N) is 2. The molecule has 1 aromatic carbocycles. The van der Waals surface area contributed by atoms with Crippen LogP contribution in [0, 0.1) is 25.7 Å². The third-order valence-electron chi connectivity index (χ3n) is 7.73. The number of likely N-dealkylation sites (tertiary alicyclic amines) is 1. The third-order valence-corrected chi connectivity index (χ3v) is 9.68. The number of para-hydroxylation sites is 1. The molecule has 1 aromatic rings. The molecule has 2 bridgehead atoms. The number of aliphatic hydroxyl groups is 1. The number of aryl methyl sites for hydroxylation is 2. The zero-order chi connectivity index (χ0) is 26.0. The number of fused-ring (bicyclic) bond motifs is 1. The molecule has 1 N–H and O–H groups in total. The largest absolute Gasteiger partial charge is 0.465 e. The van der Waals surface area contributed by atoms with Gasteiger partial charge in [0.1, 0.15) is 6.04 Å². The fraction of sp³-hybridized carbons (Fsp3) is 0.536. The number of unbranched alkanes of at least 4 members (excludes halogenated alkanes) is 1. The first kappa shape index (κ1) is 26.5. The van der Waals surface area contributed by atoms with E-state index in [9.17, 15) is 19.5 Å². The van der Waals surface area contributed by atoms with Gasteiger partial charge in [0.05, 0.1) is 29.8 Å². The average Bonchev–Trinajstić information content (AvgIpc) is 3.49. The lowest BCUT2D eigenvalue weighted by Crippen LogP contribution is -2.55. The molecule has 2 amide bonds. The van der Waals surface area contributed by atoms with Gasteiger partial charge in [0.2, 0.25) is 5.91 Å². The normalized spacial score (nSPS) is 28.2. The van der Waals surface area contributed by atoms with Gasteiger partial charge in [0.25, 0.3) is 5.91 Å². The predicted octanol–water partition coefficient (Wildman–Crippen LogP) is 3.42. The Bertz CT molecular complexity index is 1040. The quantitative estimate of drug-likeness (QED) is 0.278. The molecule has 0 aromatic heterocycles. The molecule has 4 rings (SSSR count). The van der Waals surface area contributed by atoms with Crippen molar-refractivity contribution in [3.05, 3.63) is 54.6 Å². The second-order valence-electron chi connectivity index (χ2n) is 9.89. The van der Waals surface area contributed by atoms with E-state index in [1.54, 1.807) is 28.8 Å². The smallest absolute Gasteiger partial charge is 0.310 e. The van der Waals surface area contributed by atoms with Crippen molar-refractivity contribution in [3.63, 3.8) is 0 Å². The fourth-order valence-corrected chi connectivity index (χ4v) is 8.55. The van der Waals surface area contributed by atoms with E-state index in [2.05, 4.69) is 13.2 Å². The molecule has 0 saturated carbocycles. The van der Waals surface area contributed by atoms with Crippen molar-refractivity contribution in [1.82, 2.24) is 4.90 Å². The van der Waals surface area contributed by atoms with Crippen LogP contribution in [0.1, 0.15) is 36.8 Å². The summed E-state index contributed by atoms with van der Waals surface area (Å²) in [4.78, 5) is 44.6. The standard InChI is InChI=1S/C28H36N2O5S/c1-5-7-8-17-35-27(34)21-20-12-13-28(36-20)22(21)25(32)30(15-16-31)24(28)26(33)29(14-6-2)23-18(3)10-9-11-19(23)4/h5-6,9-11,20-22,24,31H,1-2,7-8,12-17H2,3-4H3/t20-,21+,22-,24?,28?/m0/s1. The van der Waals surface area contributed by atoms with E-state index >= 15 is 0 Å². The molecule has 0 aliphatic carbocycles. The van der Waals surface area contributed by atoms with E-state index in [4.69, 9.17) is 4.74 Å². The Balaban J connectivity index is 1.71. The van der Waals surface area contributed by atoms with Crippen LogP contribution in [0.25, 0.3) is 0 Å². The molecule has 8 heteroatoms. The lowest BCUT2D eigenvalue weighted by Gasteiger charge is -2.37. The van der Waals surface area contributed by atoms with Crippen molar-refractivity contribution in [2.24, 2.45) is 11.8 Å². The van der Waals surface area contributed by atoms with Crippen LogP contribution in [0.5, 0.6) is 0 Å². The second kappa shape index (κ2) is 10.8. The first-order chi connectivity index (χ1) is 17.3. The van der Waals surface area contributed by atoms with Gasteiger partial charge in [-0.25, -0.2) is 0 Å². The molecular weight excluding hydrogens is 476 g/mol. The summed E-state index contributed by atoms with van der Waals surface area (Å²) in [7, 11) is 0. The van der Waals surface area contributed by atoms with E-state index in [-0.39, 0.29) is 42.8 Å². The van der Waals surface area contributed by atoms with Crippen LogP contribution in [0.15, 0.2) is 43.5 Å². The number of carbonyl (C=O) groups is 3. The minimum atomic E-state index is -0.769. The lowest BCUT2D eigenvalue weighted by molar-refractivity contribution is -0.154. The second-order valence-corrected chi connectivity index (χ2v) is 11.5. The number of aliphatic hydroxyl groups excluding tert-OH is 1. The molecule has 3 fully saturated rings. The molecule has 7 nitrogen and oxygen atoms in total. The van der Waals surface area contributed by atoms with Gasteiger partial charge in [0.15, 0.2) is 0 Å². The maximum absolute atomic E-state index is 14.4. The molecule has 0 radical (unpaired) electrons. The topological polar surface area (TPSA) is 87.2 Å². The Hall–Kier alpha value is -2.58. The van der Waals surface area contributed by atoms with Crippen molar-refractivity contribution >= 4 is 35.2 Å². The zero-order valence-corrected chi connectivity index (χ0v) is 22.0. The molecule has 1 spiro atoms. The van der Waals surface area contributed by atoms with Crippen molar-refractivity contribution in [1.29, 1.82) is 0 Å². The zero-order valence-electron chi connectivity index (χ0n) is 21.2. The summed E-state index contributed by atoms with van der Waals surface area (Å²) in [6, 6.07) is 5.12. The van der Waals surface area contributed by atoms with Crippen molar-refractivity contribution in [3.8, 4) is 0 Å². The van der Waals surface area contributed by atoms with Crippen LogP contribution in [0.2, 0.25) is 0 Å². The van der Waals surface area contributed by atoms with Crippen molar-refractivity contribution in [2.75, 3.05) is 31.2 Å². The van der Waals surface area contributed by atoms with Gasteiger partial charge in [-0.15, -0.1) is 24.9 Å². The Labute approximate surface area is 217 Å². The van der Waals surface area contributed by atoms with Crippen LogP contribution in [0.3, 0.4) is 0 Å². The summed E-state index contributed by atoms with van der Waals surface area (Å²) in [5.41, 5.74) is 2.73. The van der Waals surface area contributed by atoms with Crippen molar-refractivity contribution < 1.29 is 24.2 Å². The number of hydrogen-bond donors (Lipinski definition) is 1. The summed E-state index contributed by atoms with van der Waals surface area (Å²) in [6.07, 6.45) is 6.34. The maximum atomic E-state index is 14.4. The Morgan fingerprint density at radius 1 is 1.28 bits per heavy atom. The highest BCUT2D eigenvalue weighted by Crippen LogP contribution is 2.66.